The summed E-state index contributed by atoms with van der Waals surface area (Å²) in [5, 5.41) is 14.4. The van der Waals surface area contributed by atoms with Gasteiger partial charge < -0.3 is 19.7 Å². The molecule has 0 bridgehead atoms. The minimum absolute atomic E-state index is 0.00996. The maximum absolute atomic E-state index is 14.0. The van der Waals surface area contributed by atoms with E-state index < -0.39 is 39.3 Å². The van der Waals surface area contributed by atoms with Gasteiger partial charge in [0.2, 0.25) is 11.8 Å². The Balaban J connectivity index is 2.07. The number of nitro groups is 1. The molecule has 0 aliphatic carbocycles. The molecular weight excluding hydrogens is 576 g/mol. The molecule has 0 aromatic heterocycles. The predicted molar refractivity (Wildman–Crippen MR) is 162 cm³/mol. The van der Waals surface area contributed by atoms with Crippen LogP contribution in [0, 0.1) is 17.0 Å². The van der Waals surface area contributed by atoms with E-state index in [0.717, 1.165) is 10.4 Å². The van der Waals surface area contributed by atoms with Gasteiger partial charge in [0.15, 0.2) is 0 Å². The summed E-state index contributed by atoms with van der Waals surface area (Å²) in [6, 6.07) is 15.6. The Hall–Kier alpha value is -4.65. The standard InChI is InChI=1S/C30H36N4O8S/c1-6-17-31-30(36)22(3)32(19-23-8-12-25(41-4)13-9-23)29(35)20-33(24-10-14-26(42-5)15-11-24)43(39,40)27-16-7-21(2)28(18-27)34(37)38/h7-16,18,22H,6,17,19-20H2,1-5H3,(H,31,36)/t22-/m1/s1. The first kappa shape index (κ1) is 32.9. The van der Waals surface area contributed by atoms with Gasteiger partial charge in [0.25, 0.3) is 15.7 Å². The third-order valence-electron chi connectivity index (χ3n) is 6.83. The number of anilines is 1. The van der Waals surface area contributed by atoms with Crippen molar-refractivity contribution in [3.8, 4) is 11.5 Å². The summed E-state index contributed by atoms with van der Waals surface area (Å²) in [6.07, 6.45) is 0.692. The Morgan fingerprint density at radius 2 is 1.56 bits per heavy atom. The van der Waals surface area contributed by atoms with Gasteiger partial charge in [-0.1, -0.05) is 25.1 Å². The van der Waals surface area contributed by atoms with Crippen LogP contribution in [0.15, 0.2) is 71.6 Å². The van der Waals surface area contributed by atoms with Crippen LogP contribution < -0.4 is 19.1 Å². The smallest absolute Gasteiger partial charge is 0.273 e. The van der Waals surface area contributed by atoms with E-state index in [-0.39, 0.29) is 28.4 Å². The fraction of sp³-hybridized carbons (Fsp3) is 0.333. The summed E-state index contributed by atoms with van der Waals surface area (Å²) in [5.74, 6) is 0.0211. The highest BCUT2D eigenvalue weighted by atomic mass is 32.2. The number of aryl methyl sites for hydroxylation is 1. The molecular formula is C30H36N4O8S. The predicted octanol–water partition coefficient (Wildman–Crippen LogP) is 4.06. The van der Waals surface area contributed by atoms with E-state index in [0.29, 0.717) is 30.0 Å². The molecule has 1 atom stereocenters. The van der Waals surface area contributed by atoms with Crippen LogP contribution in [0.1, 0.15) is 31.4 Å². The molecule has 0 saturated carbocycles. The number of ether oxygens (including phenoxy) is 2. The highest BCUT2D eigenvalue weighted by Crippen LogP contribution is 2.29. The van der Waals surface area contributed by atoms with Gasteiger partial charge in [-0.3, -0.25) is 24.0 Å². The van der Waals surface area contributed by atoms with E-state index in [1.807, 2.05) is 6.92 Å². The largest absolute Gasteiger partial charge is 0.497 e. The van der Waals surface area contributed by atoms with E-state index >= 15 is 0 Å². The summed E-state index contributed by atoms with van der Waals surface area (Å²) in [7, 11) is -1.51. The number of hydrogen-bond donors (Lipinski definition) is 1. The number of hydrogen-bond acceptors (Lipinski definition) is 8. The van der Waals surface area contributed by atoms with Crippen LogP contribution in [0.25, 0.3) is 0 Å². The van der Waals surface area contributed by atoms with Crippen LogP contribution in [-0.2, 0) is 26.2 Å². The lowest BCUT2D eigenvalue weighted by Gasteiger charge is -2.32. The number of nitrogens with zero attached hydrogens (tertiary/aromatic N) is 3. The minimum atomic E-state index is -4.49. The van der Waals surface area contributed by atoms with E-state index in [9.17, 15) is 28.1 Å². The number of rotatable bonds is 14. The van der Waals surface area contributed by atoms with Crippen LogP contribution in [0.2, 0.25) is 0 Å². The summed E-state index contributed by atoms with van der Waals surface area (Å²) < 4.78 is 39.3. The summed E-state index contributed by atoms with van der Waals surface area (Å²) >= 11 is 0. The van der Waals surface area contributed by atoms with Gasteiger partial charge in [-0.05, 0) is 68.3 Å². The number of benzene rings is 3. The molecule has 2 amide bonds. The van der Waals surface area contributed by atoms with Crippen LogP contribution in [0.4, 0.5) is 11.4 Å². The molecule has 1 N–H and O–H groups in total. The number of nitrogens with one attached hydrogen (secondary N) is 1. The van der Waals surface area contributed by atoms with Gasteiger partial charge in [0.05, 0.1) is 29.7 Å². The zero-order chi connectivity index (χ0) is 31.7. The molecule has 0 aliphatic heterocycles. The fourth-order valence-electron chi connectivity index (χ4n) is 4.26. The first-order valence-electron chi connectivity index (χ1n) is 13.5. The molecule has 12 nitrogen and oxygen atoms in total. The average Bonchev–Trinajstić information content (AvgIpc) is 3.01. The van der Waals surface area contributed by atoms with Crippen molar-refractivity contribution in [2.75, 3.05) is 31.6 Å². The van der Waals surface area contributed by atoms with Crippen LogP contribution in [0.3, 0.4) is 0 Å². The third-order valence-corrected chi connectivity index (χ3v) is 8.60. The van der Waals surface area contributed by atoms with Gasteiger partial charge in [-0.15, -0.1) is 0 Å². The molecule has 3 aromatic carbocycles. The molecule has 0 unspecified atom stereocenters. The minimum Gasteiger partial charge on any atom is -0.497 e. The maximum atomic E-state index is 14.0. The van der Waals surface area contributed by atoms with Gasteiger partial charge in [-0.2, -0.15) is 0 Å². The van der Waals surface area contributed by atoms with Gasteiger partial charge in [-0.25, -0.2) is 8.42 Å². The number of carbonyl (C=O) groups is 2. The highest BCUT2D eigenvalue weighted by Gasteiger charge is 2.33. The fourth-order valence-corrected chi connectivity index (χ4v) is 5.69. The van der Waals surface area contributed by atoms with Crippen molar-refractivity contribution in [1.82, 2.24) is 10.2 Å². The molecule has 43 heavy (non-hydrogen) atoms. The zero-order valence-corrected chi connectivity index (χ0v) is 25.6. The summed E-state index contributed by atoms with van der Waals surface area (Å²) in [6.45, 7) is 4.71. The SMILES string of the molecule is CCCNC(=O)[C@@H](C)N(Cc1ccc(OC)cc1)C(=O)CN(c1ccc(OC)cc1)S(=O)(=O)c1ccc(C)c([N+](=O)[O-])c1. The molecule has 0 heterocycles. The van der Waals surface area contributed by atoms with Crippen molar-refractivity contribution < 1.29 is 32.4 Å². The van der Waals surface area contributed by atoms with Crippen molar-refractivity contribution in [2.24, 2.45) is 0 Å². The monoisotopic (exact) mass is 612 g/mol. The Bertz CT molecular complexity index is 1540. The van der Waals surface area contributed by atoms with Crippen molar-refractivity contribution >= 4 is 33.2 Å². The van der Waals surface area contributed by atoms with Crippen molar-refractivity contribution in [3.05, 3.63) is 88.0 Å². The number of carbonyl (C=O) groups excluding carboxylic acids is 2. The lowest BCUT2D eigenvalue weighted by Crippen LogP contribution is -2.51. The summed E-state index contributed by atoms with van der Waals surface area (Å²) in [5.41, 5.74) is 0.736. The average molecular weight is 613 g/mol. The topological polar surface area (TPSA) is 148 Å². The van der Waals surface area contributed by atoms with Crippen LogP contribution >= 0.6 is 0 Å². The first-order valence-corrected chi connectivity index (χ1v) is 15.0. The molecule has 3 rings (SSSR count). The zero-order valence-electron chi connectivity index (χ0n) is 24.8. The van der Waals surface area contributed by atoms with Gasteiger partial charge in [0, 0.05) is 24.7 Å². The maximum Gasteiger partial charge on any atom is 0.273 e. The van der Waals surface area contributed by atoms with Gasteiger partial charge in [0.1, 0.15) is 24.1 Å². The quantitative estimate of drug-likeness (QED) is 0.212. The van der Waals surface area contributed by atoms with Crippen LogP contribution in [-0.4, -0.2) is 63.4 Å². The Kier molecular flexibility index (Phi) is 11.1. The molecule has 0 spiro atoms. The van der Waals surface area contributed by atoms with Crippen LogP contribution in [0.5, 0.6) is 11.5 Å². The van der Waals surface area contributed by atoms with Gasteiger partial charge >= 0.3 is 0 Å². The van der Waals surface area contributed by atoms with E-state index in [1.165, 1.54) is 62.4 Å². The van der Waals surface area contributed by atoms with Crippen molar-refractivity contribution in [2.45, 2.75) is 44.7 Å². The van der Waals surface area contributed by atoms with E-state index in [1.54, 1.807) is 31.2 Å². The second-order valence-electron chi connectivity index (χ2n) is 9.75. The molecule has 0 saturated heterocycles. The molecule has 13 heteroatoms. The highest BCUT2D eigenvalue weighted by molar-refractivity contribution is 7.92. The summed E-state index contributed by atoms with van der Waals surface area (Å²) in [4.78, 5) is 38.8. The second kappa shape index (κ2) is 14.5. The number of nitro benzene ring substituents is 1. The van der Waals surface area contributed by atoms with E-state index in [4.69, 9.17) is 9.47 Å². The molecule has 230 valence electrons. The lowest BCUT2D eigenvalue weighted by molar-refractivity contribution is -0.385. The van der Waals surface area contributed by atoms with Crippen molar-refractivity contribution in [1.29, 1.82) is 0 Å². The molecule has 0 aliphatic rings. The Morgan fingerprint density at radius 3 is 2.09 bits per heavy atom. The normalized spacial score (nSPS) is 11.7. The molecule has 0 fully saturated rings. The third kappa shape index (κ3) is 8.01. The Labute approximate surface area is 251 Å². The molecule has 3 aromatic rings. The molecule has 0 radical (unpaired) electrons. The first-order chi connectivity index (χ1) is 20.4. The number of methoxy groups -OCH3 is 2. The number of sulfonamides is 1. The number of amides is 2. The van der Waals surface area contributed by atoms with E-state index in [2.05, 4.69) is 5.32 Å². The second-order valence-corrected chi connectivity index (χ2v) is 11.6. The Morgan fingerprint density at radius 1 is 0.977 bits per heavy atom. The lowest BCUT2D eigenvalue weighted by atomic mass is 10.1. The van der Waals surface area contributed by atoms with Crippen molar-refractivity contribution in [3.63, 3.8) is 0 Å².